The average Bonchev–Trinajstić information content (AvgIpc) is 3.04. The van der Waals surface area contributed by atoms with Crippen LogP contribution in [0.25, 0.3) is 0 Å². The maximum Gasteiger partial charge on any atom is 0.273 e. The van der Waals surface area contributed by atoms with Gasteiger partial charge in [-0.3, -0.25) is 4.79 Å². The molecule has 0 spiro atoms. The quantitative estimate of drug-likeness (QED) is 0.846. The highest BCUT2D eigenvalue weighted by Gasteiger charge is 2.23. The van der Waals surface area contributed by atoms with E-state index < -0.39 is 0 Å². The predicted molar refractivity (Wildman–Crippen MR) is 93.0 cm³/mol. The number of ether oxygens (including phenoxy) is 1. The number of hydrogen-bond donors (Lipinski definition) is 1. The Morgan fingerprint density at radius 2 is 2.26 bits per heavy atom. The monoisotopic (exact) mass is 333 g/mol. The summed E-state index contributed by atoms with van der Waals surface area (Å²) in [5, 5.41) is 2.72. The van der Waals surface area contributed by atoms with Gasteiger partial charge >= 0.3 is 0 Å². The zero-order chi connectivity index (χ0) is 16.8. The summed E-state index contributed by atoms with van der Waals surface area (Å²) >= 11 is 1.49. The molecule has 6 heteroatoms. The van der Waals surface area contributed by atoms with Crippen molar-refractivity contribution in [2.75, 3.05) is 20.2 Å². The highest BCUT2D eigenvalue weighted by atomic mass is 32.1. The first-order valence-electron chi connectivity index (χ1n) is 7.70. The van der Waals surface area contributed by atoms with E-state index in [2.05, 4.69) is 4.98 Å². The summed E-state index contributed by atoms with van der Waals surface area (Å²) in [5.41, 5.74) is 7.08. The van der Waals surface area contributed by atoms with Crippen LogP contribution in [-0.2, 0) is 6.42 Å². The fraction of sp³-hybridized carbons (Fsp3) is 0.412. The number of thiazole rings is 1. The molecule has 2 rings (SSSR count). The van der Waals surface area contributed by atoms with E-state index in [9.17, 15) is 4.79 Å². The van der Waals surface area contributed by atoms with Crippen LogP contribution in [0.5, 0.6) is 5.75 Å². The molecule has 1 amide bonds. The van der Waals surface area contributed by atoms with Gasteiger partial charge in [-0.2, -0.15) is 0 Å². The van der Waals surface area contributed by atoms with Crippen LogP contribution < -0.4 is 10.5 Å². The highest BCUT2D eigenvalue weighted by Crippen LogP contribution is 2.25. The van der Waals surface area contributed by atoms with Gasteiger partial charge in [0.25, 0.3) is 5.91 Å². The molecule has 2 aromatic rings. The summed E-state index contributed by atoms with van der Waals surface area (Å²) in [7, 11) is 1.64. The van der Waals surface area contributed by atoms with E-state index in [4.69, 9.17) is 10.5 Å². The third-order valence-electron chi connectivity index (χ3n) is 3.77. The summed E-state index contributed by atoms with van der Waals surface area (Å²) in [5.74, 6) is 0.735. The molecule has 0 radical (unpaired) electrons. The SMILES string of the molecule is CCN(C(=O)c1csc(CCN)n1)C(C)c1cccc(OC)c1. The number of aromatic nitrogens is 1. The predicted octanol–water partition coefficient (Wildman–Crippen LogP) is 2.88. The molecule has 124 valence electrons. The first-order valence-corrected chi connectivity index (χ1v) is 8.58. The third kappa shape index (κ3) is 4.09. The first-order chi connectivity index (χ1) is 11.1. The Balaban J connectivity index is 2.20. The number of carbonyl (C=O) groups excluding carboxylic acids is 1. The molecule has 1 atom stereocenters. The van der Waals surface area contributed by atoms with Crippen molar-refractivity contribution in [3.05, 3.63) is 45.9 Å². The van der Waals surface area contributed by atoms with Gasteiger partial charge in [0.1, 0.15) is 11.4 Å². The van der Waals surface area contributed by atoms with Crippen LogP contribution in [0, 0.1) is 0 Å². The molecule has 5 nitrogen and oxygen atoms in total. The van der Waals surface area contributed by atoms with Gasteiger partial charge in [-0.05, 0) is 38.1 Å². The number of rotatable bonds is 7. The molecule has 0 aliphatic rings. The summed E-state index contributed by atoms with van der Waals surface area (Å²) in [6, 6.07) is 7.74. The molecule has 1 unspecified atom stereocenters. The highest BCUT2D eigenvalue weighted by molar-refractivity contribution is 7.09. The normalized spacial score (nSPS) is 12.0. The lowest BCUT2D eigenvalue weighted by Gasteiger charge is -2.28. The molecule has 0 bridgehead atoms. The Kier molecular flexibility index (Phi) is 6.12. The number of hydrogen-bond acceptors (Lipinski definition) is 5. The van der Waals surface area contributed by atoms with E-state index in [0.29, 0.717) is 25.2 Å². The zero-order valence-electron chi connectivity index (χ0n) is 13.8. The van der Waals surface area contributed by atoms with Crippen molar-refractivity contribution in [2.45, 2.75) is 26.3 Å². The molecule has 0 saturated carbocycles. The van der Waals surface area contributed by atoms with Crippen molar-refractivity contribution >= 4 is 17.2 Å². The lowest BCUT2D eigenvalue weighted by molar-refractivity contribution is 0.0696. The molecular weight excluding hydrogens is 310 g/mol. The fourth-order valence-corrected chi connectivity index (χ4v) is 3.26. The van der Waals surface area contributed by atoms with Crippen LogP contribution in [0.3, 0.4) is 0 Å². The van der Waals surface area contributed by atoms with E-state index in [1.165, 1.54) is 11.3 Å². The number of carbonyl (C=O) groups is 1. The van der Waals surface area contributed by atoms with Gasteiger partial charge < -0.3 is 15.4 Å². The minimum absolute atomic E-state index is 0.0534. The summed E-state index contributed by atoms with van der Waals surface area (Å²) in [6.07, 6.45) is 0.704. The average molecular weight is 333 g/mol. The van der Waals surface area contributed by atoms with E-state index in [0.717, 1.165) is 16.3 Å². The standard InChI is InChI=1S/C17H23N3O2S/c1-4-20(12(2)13-6-5-7-14(10-13)22-3)17(21)15-11-23-16(19-15)8-9-18/h5-7,10-12H,4,8-9,18H2,1-3H3. The maximum absolute atomic E-state index is 12.8. The van der Waals surface area contributed by atoms with Crippen molar-refractivity contribution in [3.8, 4) is 5.75 Å². The minimum Gasteiger partial charge on any atom is -0.497 e. The van der Waals surface area contributed by atoms with Crippen molar-refractivity contribution in [1.29, 1.82) is 0 Å². The fourth-order valence-electron chi connectivity index (χ4n) is 2.47. The van der Waals surface area contributed by atoms with E-state index in [-0.39, 0.29) is 11.9 Å². The van der Waals surface area contributed by atoms with E-state index >= 15 is 0 Å². The van der Waals surface area contributed by atoms with Gasteiger partial charge in [-0.15, -0.1) is 11.3 Å². The summed E-state index contributed by atoms with van der Waals surface area (Å²) < 4.78 is 5.27. The second-order valence-corrected chi connectivity index (χ2v) is 6.15. The molecule has 1 aromatic heterocycles. The van der Waals surface area contributed by atoms with Gasteiger partial charge in [-0.25, -0.2) is 4.98 Å². The van der Waals surface area contributed by atoms with Crippen LogP contribution in [-0.4, -0.2) is 36.0 Å². The van der Waals surface area contributed by atoms with E-state index in [1.807, 2.05) is 48.4 Å². The topological polar surface area (TPSA) is 68.5 Å². The first kappa shape index (κ1) is 17.4. The maximum atomic E-state index is 12.8. The number of nitrogens with two attached hydrogens (primary N) is 1. The Morgan fingerprint density at radius 1 is 1.48 bits per heavy atom. The Hall–Kier alpha value is -1.92. The van der Waals surface area contributed by atoms with Crippen LogP contribution in [0.2, 0.25) is 0 Å². The molecule has 0 saturated heterocycles. The van der Waals surface area contributed by atoms with Crippen molar-refractivity contribution < 1.29 is 9.53 Å². The van der Waals surface area contributed by atoms with Crippen molar-refractivity contribution in [3.63, 3.8) is 0 Å². The Bertz CT molecular complexity index is 657. The lowest BCUT2D eigenvalue weighted by Crippen LogP contribution is -2.33. The van der Waals surface area contributed by atoms with Crippen molar-refractivity contribution in [1.82, 2.24) is 9.88 Å². The van der Waals surface area contributed by atoms with Crippen LogP contribution >= 0.6 is 11.3 Å². The second kappa shape index (κ2) is 8.08. The number of nitrogens with zero attached hydrogens (tertiary/aromatic N) is 2. The smallest absolute Gasteiger partial charge is 0.273 e. The van der Waals surface area contributed by atoms with Crippen molar-refractivity contribution in [2.24, 2.45) is 5.73 Å². The molecule has 23 heavy (non-hydrogen) atoms. The molecule has 1 aromatic carbocycles. The molecule has 0 aliphatic heterocycles. The number of methoxy groups -OCH3 is 1. The Morgan fingerprint density at radius 3 is 2.91 bits per heavy atom. The van der Waals surface area contributed by atoms with Gasteiger partial charge in [0.2, 0.25) is 0 Å². The molecule has 1 heterocycles. The van der Waals surface area contributed by atoms with Gasteiger partial charge in [0.15, 0.2) is 0 Å². The molecule has 0 fully saturated rings. The number of amides is 1. The third-order valence-corrected chi connectivity index (χ3v) is 4.68. The summed E-state index contributed by atoms with van der Waals surface area (Å²) in [4.78, 5) is 19.0. The molecular formula is C17H23N3O2S. The summed E-state index contributed by atoms with van der Waals surface area (Å²) in [6.45, 7) is 5.14. The lowest BCUT2D eigenvalue weighted by atomic mass is 10.1. The van der Waals surface area contributed by atoms with Gasteiger partial charge in [-0.1, -0.05) is 12.1 Å². The number of benzene rings is 1. The Labute approximate surface area is 141 Å². The second-order valence-electron chi connectivity index (χ2n) is 5.21. The van der Waals surface area contributed by atoms with Crippen LogP contribution in [0.15, 0.2) is 29.6 Å². The van der Waals surface area contributed by atoms with Crippen LogP contribution in [0.1, 0.15) is 40.9 Å². The van der Waals surface area contributed by atoms with Gasteiger partial charge in [0.05, 0.1) is 18.2 Å². The molecule has 0 aliphatic carbocycles. The zero-order valence-corrected chi connectivity index (χ0v) is 14.6. The largest absolute Gasteiger partial charge is 0.497 e. The van der Waals surface area contributed by atoms with Gasteiger partial charge in [0, 0.05) is 18.3 Å². The van der Waals surface area contributed by atoms with E-state index in [1.54, 1.807) is 7.11 Å². The van der Waals surface area contributed by atoms with Crippen LogP contribution in [0.4, 0.5) is 0 Å². The minimum atomic E-state index is -0.0535. The molecule has 2 N–H and O–H groups in total.